The normalized spacial score (nSPS) is 12.2. The molecule has 0 aliphatic rings. The van der Waals surface area contributed by atoms with E-state index in [0.717, 1.165) is 24.1 Å². The summed E-state index contributed by atoms with van der Waals surface area (Å²) in [5, 5.41) is 10.9. The minimum Gasteiger partial charge on any atom is -0.345 e. The first-order valence-electron chi connectivity index (χ1n) is 7.43. The molecule has 0 unspecified atom stereocenters. The lowest BCUT2D eigenvalue weighted by molar-refractivity contribution is 0.0934. The average molecular weight is 294 g/mol. The van der Waals surface area contributed by atoms with Crippen LogP contribution in [0.3, 0.4) is 0 Å². The molecule has 5 nitrogen and oxygen atoms in total. The molecule has 1 atom stereocenters. The van der Waals surface area contributed by atoms with Gasteiger partial charge in [0.25, 0.3) is 5.91 Å². The summed E-state index contributed by atoms with van der Waals surface area (Å²) in [4.78, 5) is 12.5. The molecule has 1 N–H and O–H groups in total. The summed E-state index contributed by atoms with van der Waals surface area (Å²) in [6.07, 6.45) is 5.25. The fourth-order valence-electron chi connectivity index (χ4n) is 2.50. The molecule has 0 radical (unpaired) electrons. The van der Waals surface area contributed by atoms with E-state index in [1.54, 1.807) is 29.1 Å². The van der Waals surface area contributed by atoms with Crippen molar-refractivity contribution >= 4 is 11.6 Å². The number of carbonyl (C=O) groups is 1. The second-order valence-electron chi connectivity index (χ2n) is 5.24. The fraction of sp³-hybridized carbons (Fsp3) is 0.235. The van der Waals surface area contributed by atoms with Gasteiger partial charge in [0.2, 0.25) is 0 Å². The summed E-state index contributed by atoms with van der Waals surface area (Å²) in [6, 6.07) is 13.6. The second kappa shape index (κ2) is 6.39. The van der Waals surface area contributed by atoms with E-state index in [-0.39, 0.29) is 11.9 Å². The monoisotopic (exact) mass is 294 g/mol. The smallest absolute Gasteiger partial charge is 0.253 e. The zero-order chi connectivity index (χ0) is 15.4. The van der Waals surface area contributed by atoms with Crippen molar-refractivity contribution in [3.05, 3.63) is 66.1 Å². The number of pyridine rings is 1. The number of hydrogen-bond acceptors (Lipinski definition) is 3. The van der Waals surface area contributed by atoms with Crippen molar-refractivity contribution in [2.45, 2.75) is 25.8 Å². The van der Waals surface area contributed by atoms with Crippen LogP contribution in [0.15, 0.2) is 55.0 Å². The van der Waals surface area contributed by atoms with E-state index in [1.165, 1.54) is 0 Å². The zero-order valence-electron chi connectivity index (χ0n) is 12.4. The van der Waals surface area contributed by atoms with E-state index >= 15 is 0 Å². The van der Waals surface area contributed by atoms with E-state index in [2.05, 4.69) is 22.4 Å². The SMILES string of the molecule is CCC[C@@H](NC(=O)c1ccc2nncn2c1)c1ccccc1. The van der Waals surface area contributed by atoms with E-state index in [1.807, 2.05) is 30.3 Å². The summed E-state index contributed by atoms with van der Waals surface area (Å²) in [6.45, 7) is 2.12. The first kappa shape index (κ1) is 14.3. The van der Waals surface area contributed by atoms with Crippen LogP contribution in [0.2, 0.25) is 0 Å². The second-order valence-corrected chi connectivity index (χ2v) is 5.24. The highest BCUT2D eigenvalue weighted by atomic mass is 16.1. The van der Waals surface area contributed by atoms with E-state index in [9.17, 15) is 4.79 Å². The Morgan fingerprint density at radius 1 is 1.23 bits per heavy atom. The Morgan fingerprint density at radius 3 is 2.82 bits per heavy atom. The maximum atomic E-state index is 12.5. The Morgan fingerprint density at radius 2 is 2.05 bits per heavy atom. The lowest BCUT2D eigenvalue weighted by Crippen LogP contribution is -2.28. The standard InChI is InChI=1S/C17H18N4O/c1-2-6-15(13-7-4-3-5-8-13)19-17(22)14-9-10-16-20-18-12-21(16)11-14/h3-5,7-12,15H,2,6H2,1H3,(H,19,22)/t15-/m1/s1. The summed E-state index contributed by atoms with van der Waals surface area (Å²) in [5.74, 6) is -0.0853. The van der Waals surface area contributed by atoms with Gasteiger partial charge < -0.3 is 5.32 Å². The van der Waals surface area contributed by atoms with Crippen molar-refractivity contribution < 1.29 is 4.79 Å². The molecule has 112 valence electrons. The lowest BCUT2D eigenvalue weighted by atomic mass is 10.0. The molecule has 3 rings (SSSR count). The van der Waals surface area contributed by atoms with Crippen molar-refractivity contribution in [2.75, 3.05) is 0 Å². The highest BCUT2D eigenvalue weighted by Crippen LogP contribution is 2.19. The average Bonchev–Trinajstić information content (AvgIpc) is 3.02. The largest absolute Gasteiger partial charge is 0.345 e. The minimum absolute atomic E-state index is 0.0234. The predicted octanol–water partition coefficient (Wildman–Crippen LogP) is 3.00. The first-order valence-corrected chi connectivity index (χ1v) is 7.43. The summed E-state index contributed by atoms with van der Waals surface area (Å²) < 4.78 is 1.74. The van der Waals surface area contributed by atoms with Crippen LogP contribution in [-0.4, -0.2) is 20.5 Å². The summed E-state index contributed by atoms with van der Waals surface area (Å²) in [5.41, 5.74) is 2.46. The highest BCUT2D eigenvalue weighted by molar-refractivity contribution is 5.94. The van der Waals surface area contributed by atoms with Crippen molar-refractivity contribution in [1.29, 1.82) is 0 Å². The molecule has 0 bridgehead atoms. The molecule has 0 saturated heterocycles. The van der Waals surface area contributed by atoms with Crippen LogP contribution in [-0.2, 0) is 0 Å². The Hall–Kier alpha value is -2.69. The zero-order valence-corrected chi connectivity index (χ0v) is 12.4. The number of carbonyl (C=O) groups excluding carboxylic acids is 1. The van der Waals surface area contributed by atoms with Crippen LogP contribution in [0.25, 0.3) is 5.65 Å². The number of rotatable bonds is 5. The summed E-state index contributed by atoms with van der Waals surface area (Å²) >= 11 is 0. The van der Waals surface area contributed by atoms with Crippen LogP contribution in [0.5, 0.6) is 0 Å². The van der Waals surface area contributed by atoms with Crippen LogP contribution in [0, 0.1) is 0 Å². The quantitative estimate of drug-likeness (QED) is 0.787. The van der Waals surface area contributed by atoms with Crippen molar-refractivity contribution in [2.24, 2.45) is 0 Å². The number of hydrogen-bond donors (Lipinski definition) is 1. The molecule has 5 heteroatoms. The van der Waals surface area contributed by atoms with Gasteiger partial charge in [-0.3, -0.25) is 9.20 Å². The third-order valence-corrected chi connectivity index (χ3v) is 3.64. The first-order chi connectivity index (χ1) is 10.8. The van der Waals surface area contributed by atoms with Gasteiger partial charge in [0, 0.05) is 6.20 Å². The number of aromatic nitrogens is 3. The number of benzene rings is 1. The van der Waals surface area contributed by atoms with Gasteiger partial charge >= 0.3 is 0 Å². The van der Waals surface area contributed by atoms with Gasteiger partial charge in [0.15, 0.2) is 5.65 Å². The third-order valence-electron chi connectivity index (χ3n) is 3.64. The van der Waals surface area contributed by atoms with Crippen molar-refractivity contribution in [3.8, 4) is 0 Å². The van der Waals surface area contributed by atoms with Gasteiger partial charge in [-0.2, -0.15) is 0 Å². The molecular formula is C17H18N4O. The Balaban J connectivity index is 1.81. The number of fused-ring (bicyclic) bond motifs is 1. The van der Waals surface area contributed by atoms with E-state index in [4.69, 9.17) is 0 Å². The Labute approximate surface area is 129 Å². The van der Waals surface area contributed by atoms with E-state index < -0.39 is 0 Å². The van der Waals surface area contributed by atoms with Crippen LogP contribution in [0.4, 0.5) is 0 Å². The minimum atomic E-state index is -0.0853. The molecule has 2 aromatic heterocycles. The van der Waals surface area contributed by atoms with Crippen LogP contribution < -0.4 is 5.32 Å². The molecule has 0 aliphatic carbocycles. The van der Waals surface area contributed by atoms with Gasteiger partial charge in [-0.05, 0) is 24.1 Å². The van der Waals surface area contributed by atoms with Crippen LogP contribution >= 0.6 is 0 Å². The fourth-order valence-corrected chi connectivity index (χ4v) is 2.50. The highest BCUT2D eigenvalue weighted by Gasteiger charge is 2.15. The molecule has 1 amide bonds. The molecule has 0 saturated carbocycles. The van der Waals surface area contributed by atoms with Crippen molar-refractivity contribution in [1.82, 2.24) is 19.9 Å². The van der Waals surface area contributed by atoms with Gasteiger partial charge in [-0.15, -0.1) is 10.2 Å². The Kier molecular flexibility index (Phi) is 4.14. The number of nitrogens with zero attached hydrogens (tertiary/aromatic N) is 3. The Bertz CT molecular complexity index is 766. The lowest BCUT2D eigenvalue weighted by Gasteiger charge is -2.18. The van der Waals surface area contributed by atoms with E-state index in [0.29, 0.717) is 5.56 Å². The van der Waals surface area contributed by atoms with Gasteiger partial charge in [0.05, 0.1) is 11.6 Å². The van der Waals surface area contributed by atoms with Gasteiger partial charge in [-0.1, -0.05) is 43.7 Å². The number of amides is 1. The maximum absolute atomic E-state index is 12.5. The molecular weight excluding hydrogens is 276 g/mol. The van der Waals surface area contributed by atoms with Crippen LogP contribution in [0.1, 0.15) is 41.7 Å². The predicted molar refractivity (Wildman–Crippen MR) is 84.5 cm³/mol. The topological polar surface area (TPSA) is 59.3 Å². The molecule has 0 spiro atoms. The number of nitrogens with one attached hydrogen (secondary N) is 1. The van der Waals surface area contributed by atoms with Crippen molar-refractivity contribution in [3.63, 3.8) is 0 Å². The molecule has 2 heterocycles. The molecule has 1 aromatic carbocycles. The summed E-state index contributed by atoms with van der Waals surface area (Å²) in [7, 11) is 0. The molecule has 0 fully saturated rings. The maximum Gasteiger partial charge on any atom is 0.253 e. The molecule has 22 heavy (non-hydrogen) atoms. The van der Waals surface area contributed by atoms with Gasteiger partial charge in [0.1, 0.15) is 6.33 Å². The molecule has 0 aliphatic heterocycles. The third kappa shape index (κ3) is 2.98. The van der Waals surface area contributed by atoms with Gasteiger partial charge in [-0.25, -0.2) is 0 Å². The molecule has 3 aromatic rings.